The van der Waals surface area contributed by atoms with E-state index in [2.05, 4.69) is 48.2 Å². The van der Waals surface area contributed by atoms with Gasteiger partial charge in [-0.25, -0.2) is 4.98 Å². The normalized spacial score (nSPS) is 10.4. The molecule has 0 unspecified atom stereocenters. The molecule has 3 rings (SSSR count). The predicted octanol–water partition coefficient (Wildman–Crippen LogP) is 3.29. The monoisotopic (exact) mass is 433 g/mol. The van der Waals surface area contributed by atoms with E-state index in [9.17, 15) is 0 Å². The Morgan fingerprint density at radius 2 is 1.83 bits per heavy atom. The van der Waals surface area contributed by atoms with Gasteiger partial charge in [-0.2, -0.15) is 4.98 Å². The molecular weight excluding hydrogens is 417 g/mol. The van der Waals surface area contributed by atoms with Crippen LogP contribution >= 0.6 is 22.6 Å². The molecule has 3 aromatic rings. The fourth-order valence-electron chi connectivity index (χ4n) is 2.10. The highest BCUT2D eigenvalue weighted by molar-refractivity contribution is 14.1. The number of hydrogen-bond donors (Lipinski definition) is 3. The third-order valence-corrected chi connectivity index (χ3v) is 4.13. The minimum absolute atomic E-state index is 0.0104. The Morgan fingerprint density at radius 3 is 2.58 bits per heavy atom. The van der Waals surface area contributed by atoms with E-state index in [1.807, 2.05) is 48.5 Å². The van der Waals surface area contributed by atoms with Crippen LogP contribution < -0.4 is 10.6 Å². The summed E-state index contributed by atoms with van der Waals surface area (Å²) < 4.78 is 1.10. The number of para-hydroxylation sites is 1. The van der Waals surface area contributed by atoms with E-state index >= 15 is 0 Å². The van der Waals surface area contributed by atoms with Crippen molar-refractivity contribution in [2.24, 2.45) is 0 Å². The molecule has 24 heavy (non-hydrogen) atoms. The Bertz CT molecular complexity index is 813. The zero-order chi connectivity index (χ0) is 16.8. The van der Waals surface area contributed by atoms with Gasteiger partial charge in [0.2, 0.25) is 5.95 Å². The second-order valence-electron chi connectivity index (χ2n) is 4.93. The van der Waals surface area contributed by atoms with Crippen molar-refractivity contribution in [3.05, 3.63) is 58.3 Å². The van der Waals surface area contributed by atoms with Crippen molar-refractivity contribution in [1.82, 2.24) is 15.0 Å². The number of aromatic nitrogens is 3. The van der Waals surface area contributed by atoms with Crippen molar-refractivity contribution in [1.29, 1.82) is 0 Å². The van der Waals surface area contributed by atoms with E-state index in [1.54, 1.807) is 6.20 Å². The van der Waals surface area contributed by atoms with Gasteiger partial charge in [-0.1, -0.05) is 18.2 Å². The molecule has 6 nitrogen and oxygen atoms in total. The Morgan fingerprint density at radius 1 is 1.00 bits per heavy atom. The number of halogens is 1. The Hall–Kier alpha value is -2.26. The minimum Gasteiger partial charge on any atom is -0.395 e. The van der Waals surface area contributed by atoms with Gasteiger partial charge in [-0.3, -0.25) is 4.98 Å². The smallest absolute Gasteiger partial charge is 0.225 e. The summed E-state index contributed by atoms with van der Waals surface area (Å²) in [5.74, 6) is 1.11. The molecule has 0 saturated carbocycles. The van der Waals surface area contributed by atoms with Crippen LogP contribution in [0.25, 0.3) is 11.4 Å². The van der Waals surface area contributed by atoms with E-state index in [0.29, 0.717) is 24.0 Å². The molecule has 0 bridgehead atoms. The lowest BCUT2D eigenvalue weighted by molar-refractivity contribution is 0.311. The van der Waals surface area contributed by atoms with E-state index in [1.165, 1.54) is 0 Å². The van der Waals surface area contributed by atoms with Crippen molar-refractivity contribution in [2.75, 3.05) is 23.8 Å². The number of anilines is 3. The van der Waals surface area contributed by atoms with Gasteiger partial charge < -0.3 is 15.7 Å². The minimum atomic E-state index is 0.0104. The molecule has 0 aliphatic carbocycles. The van der Waals surface area contributed by atoms with Gasteiger partial charge in [-0.15, -0.1) is 0 Å². The van der Waals surface area contributed by atoms with Gasteiger partial charge >= 0.3 is 0 Å². The van der Waals surface area contributed by atoms with Crippen LogP contribution in [-0.2, 0) is 0 Å². The molecule has 3 N–H and O–H groups in total. The third kappa shape index (κ3) is 4.18. The first-order valence-corrected chi connectivity index (χ1v) is 8.51. The lowest BCUT2D eigenvalue weighted by Crippen LogP contribution is -2.10. The van der Waals surface area contributed by atoms with Crippen molar-refractivity contribution in [3.8, 4) is 11.4 Å². The van der Waals surface area contributed by atoms with Crippen LogP contribution in [0.15, 0.2) is 54.7 Å². The molecule has 2 heterocycles. The highest BCUT2D eigenvalue weighted by Crippen LogP contribution is 2.24. The Kier molecular flexibility index (Phi) is 5.55. The second-order valence-corrected chi connectivity index (χ2v) is 6.09. The van der Waals surface area contributed by atoms with Gasteiger partial charge in [0.25, 0.3) is 0 Å². The average Bonchev–Trinajstić information content (AvgIpc) is 2.62. The predicted molar refractivity (Wildman–Crippen MR) is 103 cm³/mol. The maximum absolute atomic E-state index is 9.01. The standard InChI is InChI=1S/C17H16IN5O/c18-12-5-1-2-6-13(12)21-16-11-15(14-7-3-4-8-19-14)22-17(23-16)20-9-10-24/h1-8,11,24H,9-10H2,(H2,20,21,22,23). The Balaban J connectivity index is 1.97. The summed E-state index contributed by atoms with van der Waals surface area (Å²) in [7, 11) is 0. The van der Waals surface area contributed by atoms with E-state index in [4.69, 9.17) is 5.11 Å². The number of benzene rings is 1. The SMILES string of the molecule is OCCNc1nc(Nc2ccccc2I)cc(-c2ccccn2)n1. The number of aliphatic hydroxyl groups excluding tert-OH is 1. The first-order valence-electron chi connectivity index (χ1n) is 7.43. The van der Waals surface area contributed by atoms with E-state index < -0.39 is 0 Å². The van der Waals surface area contributed by atoms with Crippen molar-refractivity contribution in [3.63, 3.8) is 0 Å². The van der Waals surface area contributed by atoms with E-state index in [0.717, 1.165) is 15.0 Å². The molecular formula is C17H16IN5O. The van der Waals surface area contributed by atoms with E-state index in [-0.39, 0.29) is 6.61 Å². The molecule has 0 spiro atoms. The van der Waals surface area contributed by atoms with Gasteiger partial charge in [0.1, 0.15) is 5.82 Å². The first kappa shape index (κ1) is 16.6. The van der Waals surface area contributed by atoms with Crippen LogP contribution in [0, 0.1) is 3.57 Å². The number of pyridine rings is 1. The highest BCUT2D eigenvalue weighted by atomic mass is 127. The van der Waals surface area contributed by atoms with Gasteiger partial charge in [0.05, 0.1) is 23.7 Å². The Labute approximate surface area is 153 Å². The number of hydrogen-bond acceptors (Lipinski definition) is 6. The van der Waals surface area contributed by atoms with Crippen LogP contribution in [0.3, 0.4) is 0 Å². The number of aliphatic hydroxyl groups is 1. The molecule has 1 aromatic carbocycles. The fourth-order valence-corrected chi connectivity index (χ4v) is 2.63. The van der Waals surface area contributed by atoms with Crippen LogP contribution in [-0.4, -0.2) is 33.2 Å². The zero-order valence-electron chi connectivity index (χ0n) is 12.8. The lowest BCUT2D eigenvalue weighted by Gasteiger charge is -2.11. The molecule has 122 valence electrons. The summed E-state index contributed by atoms with van der Waals surface area (Å²) in [5.41, 5.74) is 2.44. The number of nitrogens with zero attached hydrogens (tertiary/aromatic N) is 3. The summed E-state index contributed by atoms with van der Waals surface area (Å²) >= 11 is 2.27. The molecule has 0 atom stereocenters. The molecule has 0 radical (unpaired) electrons. The third-order valence-electron chi connectivity index (χ3n) is 3.18. The average molecular weight is 433 g/mol. The fraction of sp³-hybridized carbons (Fsp3) is 0.118. The quantitative estimate of drug-likeness (QED) is 0.518. The summed E-state index contributed by atoms with van der Waals surface area (Å²) in [4.78, 5) is 13.3. The van der Waals surface area contributed by atoms with Crippen molar-refractivity contribution in [2.45, 2.75) is 0 Å². The number of rotatable bonds is 6. The molecule has 0 amide bonds. The van der Waals surface area contributed by atoms with Crippen LogP contribution in [0.4, 0.5) is 17.5 Å². The zero-order valence-corrected chi connectivity index (χ0v) is 14.9. The number of nitrogens with one attached hydrogen (secondary N) is 2. The van der Waals surface area contributed by atoms with Crippen LogP contribution in [0.1, 0.15) is 0 Å². The van der Waals surface area contributed by atoms with Gasteiger partial charge in [0.15, 0.2) is 0 Å². The molecule has 2 aromatic heterocycles. The van der Waals surface area contributed by atoms with Gasteiger partial charge in [-0.05, 0) is 46.9 Å². The molecule has 0 aliphatic heterocycles. The first-order chi connectivity index (χ1) is 11.8. The van der Waals surface area contributed by atoms with Crippen LogP contribution in [0.2, 0.25) is 0 Å². The summed E-state index contributed by atoms with van der Waals surface area (Å²) in [6.45, 7) is 0.393. The van der Waals surface area contributed by atoms with Crippen molar-refractivity contribution < 1.29 is 5.11 Å². The molecule has 0 aliphatic rings. The van der Waals surface area contributed by atoms with Crippen LogP contribution in [0.5, 0.6) is 0 Å². The maximum atomic E-state index is 9.01. The van der Waals surface area contributed by atoms with Gasteiger partial charge in [0, 0.05) is 22.4 Å². The maximum Gasteiger partial charge on any atom is 0.225 e. The largest absolute Gasteiger partial charge is 0.395 e. The topological polar surface area (TPSA) is 83.0 Å². The summed E-state index contributed by atoms with van der Waals surface area (Å²) in [6.07, 6.45) is 1.73. The molecule has 7 heteroatoms. The summed E-state index contributed by atoms with van der Waals surface area (Å²) in [5, 5.41) is 15.3. The summed E-state index contributed by atoms with van der Waals surface area (Å²) in [6, 6.07) is 15.5. The highest BCUT2D eigenvalue weighted by Gasteiger charge is 2.09. The molecule has 0 saturated heterocycles. The lowest BCUT2D eigenvalue weighted by atomic mass is 10.2. The second kappa shape index (κ2) is 8.02. The molecule has 0 fully saturated rings. The van der Waals surface area contributed by atoms with Crippen molar-refractivity contribution >= 4 is 40.0 Å².